The summed E-state index contributed by atoms with van der Waals surface area (Å²) >= 11 is 1.52. The Balaban J connectivity index is 1.78. The highest BCUT2D eigenvalue weighted by Crippen LogP contribution is 2.32. The van der Waals surface area contributed by atoms with Gasteiger partial charge in [-0.1, -0.05) is 73.5 Å². The van der Waals surface area contributed by atoms with Gasteiger partial charge in [0.15, 0.2) is 5.17 Å². The first-order chi connectivity index (χ1) is 14.1. The Labute approximate surface area is 176 Å². The molecular weight excluding hydrogens is 382 g/mol. The maximum absolute atomic E-state index is 13.0. The number of nitrogens with zero attached hydrogens (tertiary/aromatic N) is 3. The van der Waals surface area contributed by atoms with E-state index in [2.05, 4.69) is 24.1 Å². The zero-order valence-electron chi connectivity index (χ0n) is 17.2. The number of carbonyl (C=O) groups is 1. The van der Waals surface area contributed by atoms with Crippen molar-refractivity contribution in [3.05, 3.63) is 65.2 Å². The number of unbranched alkanes of at least 4 members (excludes halogenated alkanes) is 1. The molecule has 1 atom stereocenters. The van der Waals surface area contributed by atoms with Gasteiger partial charge in [0, 0.05) is 0 Å². The van der Waals surface area contributed by atoms with E-state index in [1.807, 2.05) is 48.5 Å². The van der Waals surface area contributed by atoms with Gasteiger partial charge < -0.3 is 4.74 Å². The molecule has 0 saturated carbocycles. The lowest BCUT2D eigenvalue weighted by Crippen LogP contribution is -2.31. The second-order valence-electron chi connectivity index (χ2n) is 7.06. The highest BCUT2D eigenvalue weighted by molar-refractivity contribution is 8.15. The molecule has 1 fully saturated rings. The van der Waals surface area contributed by atoms with E-state index >= 15 is 0 Å². The summed E-state index contributed by atoms with van der Waals surface area (Å²) in [6, 6.07) is 15.9. The van der Waals surface area contributed by atoms with Gasteiger partial charge in [-0.15, -0.1) is 5.10 Å². The van der Waals surface area contributed by atoms with Crippen molar-refractivity contribution in [3.8, 4) is 5.75 Å². The fourth-order valence-corrected chi connectivity index (χ4v) is 4.16. The van der Waals surface area contributed by atoms with Crippen molar-refractivity contribution >= 4 is 29.1 Å². The summed E-state index contributed by atoms with van der Waals surface area (Å²) in [7, 11) is 1.64. The zero-order chi connectivity index (χ0) is 20.6. The van der Waals surface area contributed by atoms with Gasteiger partial charge in [-0.25, -0.2) is 0 Å². The average molecular weight is 410 g/mol. The molecule has 2 aromatic rings. The molecule has 3 rings (SSSR count). The fourth-order valence-electron chi connectivity index (χ4n) is 3.02. The summed E-state index contributed by atoms with van der Waals surface area (Å²) < 4.78 is 5.22. The number of rotatable bonds is 8. The van der Waals surface area contributed by atoms with Crippen LogP contribution in [0.2, 0.25) is 0 Å². The minimum absolute atomic E-state index is 0.0819. The molecule has 152 valence electrons. The van der Waals surface area contributed by atoms with Crippen LogP contribution >= 0.6 is 11.8 Å². The molecule has 6 heteroatoms. The Kier molecular flexibility index (Phi) is 7.47. The Morgan fingerprint density at radius 3 is 2.52 bits per heavy atom. The third-order valence-corrected chi connectivity index (χ3v) is 6.00. The van der Waals surface area contributed by atoms with Crippen molar-refractivity contribution in [1.82, 2.24) is 4.90 Å². The first kappa shape index (κ1) is 21.1. The second kappa shape index (κ2) is 10.3. The topological polar surface area (TPSA) is 54.3 Å². The lowest BCUT2D eigenvalue weighted by molar-refractivity contribution is -0.126. The number of amides is 1. The molecule has 0 aromatic heterocycles. The van der Waals surface area contributed by atoms with Crippen molar-refractivity contribution in [2.45, 2.75) is 44.9 Å². The molecule has 1 saturated heterocycles. The first-order valence-electron chi connectivity index (χ1n) is 9.89. The maximum Gasteiger partial charge on any atom is 0.242 e. The van der Waals surface area contributed by atoms with Gasteiger partial charge in [-0.3, -0.25) is 9.69 Å². The number of thioether (sulfide) groups is 1. The number of methoxy groups -OCH3 is 1. The van der Waals surface area contributed by atoms with Gasteiger partial charge in [-0.2, -0.15) is 5.10 Å². The van der Waals surface area contributed by atoms with Gasteiger partial charge in [0.2, 0.25) is 5.91 Å². The van der Waals surface area contributed by atoms with Crippen LogP contribution in [0, 0.1) is 6.92 Å². The molecule has 1 heterocycles. The monoisotopic (exact) mass is 409 g/mol. The molecule has 1 aliphatic rings. The van der Waals surface area contributed by atoms with Crippen molar-refractivity contribution in [3.63, 3.8) is 0 Å². The quantitative estimate of drug-likeness (QED) is 0.454. The van der Waals surface area contributed by atoms with E-state index in [4.69, 9.17) is 4.74 Å². The van der Waals surface area contributed by atoms with Crippen LogP contribution in [-0.4, -0.2) is 34.5 Å². The third-order valence-electron chi connectivity index (χ3n) is 4.77. The van der Waals surface area contributed by atoms with E-state index in [0.717, 1.165) is 36.1 Å². The Morgan fingerprint density at radius 1 is 1.14 bits per heavy atom. The molecule has 0 N–H and O–H groups in total. The average Bonchev–Trinajstić information content (AvgIpc) is 3.03. The lowest BCUT2D eigenvalue weighted by atomic mass is 10.1. The zero-order valence-corrected chi connectivity index (χ0v) is 18.0. The first-order valence-corrected chi connectivity index (χ1v) is 10.8. The highest BCUT2D eigenvalue weighted by Gasteiger charge is 2.37. The number of hydrogen-bond donors (Lipinski definition) is 0. The van der Waals surface area contributed by atoms with Crippen molar-refractivity contribution in [2.24, 2.45) is 10.2 Å². The van der Waals surface area contributed by atoms with E-state index < -0.39 is 0 Å². The van der Waals surface area contributed by atoms with Crippen LogP contribution in [0.15, 0.2) is 58.7 Å². The highest BCUT2D eigenvalue weighted by atomic mass is 32.2. The minimum Gasteiger partial charge on any atom is -0.497 e. The van der Waals surface area contributed by atoms with Gasteiger partial charge in [0.25, 0.3) is 0 Å². The standard InChI is InChI=1S/C23H27N3O2S/c1-4-5-6-21-22(27)26(16-19-11-13-20(28-3)14-12-19)23(29-21)25-24-15-18-9-7-17(2)8-10-18/h7-15,21H,4-6,16H2,1-3H3/b24-15+,25-23-. The Bertz CT molecular complexity index is 876. The molecule has 0 bridgehead atoms. The number of carbonyl (C=O) groups excluding carboxylic acids is 1. The molecule has 2 aromatic carbocycles. The van der Waals surface area contributed by atoms with Gasteiger partial charge in [0.05, 0.1) is 25.1 Å². The number of ether oxygens (including phenoxy) is 1. The summed E-state index contributed by atoms with van der Waals surface area (Å²) in [5, 5.41) is 9.22. The van der Waals surface area contributed by atoms with Crippen LogP contribution in [-0.2, 0) is 11.3 Å². The van der Waals surface area contributed by atoms with Crippen molar-refractivity contribution in [1.29, 1.82) is 0 Å². The molecule has 0 radical (unpaired) electrons. The Hall–Kier alpha value is -2.60. The van der Waals surface area contributed by atoms with E-state index in [0.29, 0.717) is 11.7 Å². The van der Waals surface area contributed by atoms with E-state index in [-0.39, 0.29) is 11.2 Å². The molecule has 1 unspecified atom stereocenters. The fraction of sp³-hybridized carbons (Fsp3) is 0.348. The lowest BCUT2D eigenvalue weighted by Gasteiger charge is -2.16. The smallest absolute Gasteiger partial charge is 0.242 e. The van der Waals surface area contributed by atoms with Crippen LogP contribution in [0.25, 0.3) is 0 Å². The second-order valence-corrected chi connectivity index (χ2v) is 8.23. The van der Waals surface area contributed by atoms with E-state index in [9.17, 15) is 4.79 Å². The predicted molar refractivity (Wildman–Crippen MR) is 121 cm³/mol. The molecule has 0 spiro atoms. The summed E-state index contributed by atoms with van der Waals surface area (Å²) in [4.78, 5) is 14.7. The van der Waals surface area contributed by atoms with Crippen LogP contribution in [0.3, 0.4) is 0 Å². The molecule has 1 aliphatic heterocycles. The summed E-state index contributed by atoms with van der Waals surface area (Å²) in [5.41, 5.74) is 3.22. The molecule has 0 aliphatic carbocycles. The maximum atomic E-state index is 13.0. The summed E-state index contributed by atoms with van der Waals surface area (Å²) in [5.74, 6) is 0.914. The van der Waals surface area contributed by atoms with Crippen molar-refractivity contribution in [2.75, 3.05) is 7.11 Å². The van der Waals surface area contributed by atoms with E-state index in [1.165, 1.54) is 17.3 Å². The molecular formula is C23H27N3O2S. The molecule has 29 heavy (non-hydrogen) atoms. The Morgan fingerprint density at radius 2 is 1.86 bits per heavy atom. The normalized spacial score (nSPS) is 18.2. The summed E-state index contributed by atoms with van der Waals surface area (Å²) in [6.45, 7) is 4.67. The molecule has 5 nitrogen and oxygen atoms in total. The predicted octanol–water partition coefficient (Wildman–Crippen LogP) is 5.03. The SMILES string of the molecule is CCCCC1S/C(=N\N=C\c2ccc(C)cc2)N(Cc2ccc(OC)cc2)C1=O. The summed E-state index contributed by atoms with van der Waals surface area (Å²) in [6.07, 6.45) is 4.68. The van der Waals surface area contributed by atoms with Gasteiger partial charge in [0.1, 0.15) is 5.75 Å². The van der Waals surface area contributed by atoms with Crippen LogP contribution < -0.4 is 4.74 Å². The van der Waals surface area contributed by atoms with E-state index in [1.54, 1.807) is 18.2 Å². The number of amidine groups is 1. The minimum atomic E-state index is -0.0819. The van der Waals surface area contributed by atoms with Crippen LogP contribution in [0.5, 0.6) is 5.75 Å². The number of benzene rings is 2. The molecule has 1 amide bonds. The number of hydrogen-bond acceptors (Lipinski definition) is 5. The van der Waals surface area contributed by atoms with Gasteiger partial charge >= 0.3 is 0 Å². The number of aryl methyl sites for hydroxylation is 1. The van der Waals surface area contributed by atoms with Gasteiger partial charge in [-0.05, 0) is 36.6 Å². The van der Waals surface area contributed by atoms with Crippen LogP contribution in [0.1, 0.15) is 42.9 Å². The largest absolute Gasteiger partial charge is 0.497 e. The third kappa shape index (κ3) is 5.70. The van der Waals surface area contributed by atoms with Crippen molar-refractivity contribution < 1.29 is 9.53 Å². The van der Waals surface area contributed by atoms with Crippen LogP contribution in [0.4, 0.5) is 0 Å².